The van der Waals surface area contributed by atoms with Crippen LogP contribution in [0.4, 0.5) is 5.82 Å². The van der Waals surface area contributed by atoms with Gasteiger partial charge in [0.05, 0.1) is 11.6 Å². The van der Waals surface area contributed by atoms with Crippen molar-refractivity contribution in [3.8, 4) is 28.8 Å². The van der Waals surface area contributed by atoms with Crippen LogP contribution in [0.25, 0.3) is 11.1 Å². The van der Waals surface area contributed by atoms with Crippen LogP contribution >= 0.6 is 0 Å². The lowest BCUT2D eigenvalue weighted by atomic mass is 10.0. The normalized spacial score (nSPS) is 10.6. The highest BCUT2D eigenvalue weighted by Crippen LogP contribution is 2.34. The number of aryl methyl sites for hydroxylation is 1. The van der Waals surface area contributed by atoms with Gasteiger partial charge in [-0.05, 0) is 62.1 Å². The molecule has 166 valence electrons. The third-order valence-electron chi connectivity index (χ3n) is 5.14. The fourth-order valence-electron chi connectivity index (χ4n) is 3.67. The monoisotopic (exact) mass is 429 g/mol. The molecule has 0 radical (unpaired) electrons. The summed E-state index contributed by atoms with van der Waals surface area (Å²) >= 11 is 0. The standard InChI is InChI=1S/C26H31N5O/c1-4-14-31(15-5-2)25-17-26(30-19(3)29-25)32-24-16-21(18-28)8-11-23(24)22-9-6-20(7-10-22)12-13-27/h6-11,16-17H,4-5,12-15,27H2,1-3H3. The summed E-state index contributed by atoms with van der Waals surface area (Å²) in [6.45, 7) is 8.66. The van der Waals surface area contributed by atoms with Gasteiger partial charge in [0.1, 0.15) is 17.4 Å². The maximum atomic E-state index is 9.41. The van der Waals surface area contributed by atoms with Gasteiger partial charge < -0.3 is 15.4 Å². The molecule has 2 N–H and O–H groups in total. The highest BCUT2D eigenvalue weighted by Gasteiger charge is 2.14. The van der Waals surface area contributed by atoms with Crippen molar-refractivity contribution in [1.29, 1.82) is 5.26 Å². The first-order valence-electron chi connectivity index (χ1n) is 11.2. The molecule has 0 saturated heterocycles. The maximum absolute atomic E-state index is 9.41. The average Bonchev–Trinajstić information content (AvgIpc) is 2.79. The Morgan fingerprint density at radius 2 is 1.72 bits per heavy atom. The maximum Gasteiger partial charge on any atom is 0.224 e. The van der Waals surface area contributed by atoms with Gasteiger partial charge in [0.2, 0.25) is 5.88 Å². The number of aromatic nitrogens is 2. The first-order chi connectivity index (χ1) is 15.6. The Hall–Kier alpha value is -3.43. The molecule has 0 bridgehead atoms. The summed E-state index contributed by atoms with van der Waals surface area (Å²) in [5.74, 6) is 2.58. The quantitative estimate of drug-likeness (QED) is 0.474. The Bertz CT molecular complexity index is 1070. The number of nitriles is 1. The van der Waals surface area contributed by atoms with Gasteiger partial charge in [0.15, 0.2) is 0 Å². The van der Waals surface area contributed by atoms with E-state index in [4.69, 9.17) is 10.5 Å². The first-order valence-corrected chi connectivity index (χ1v) is 11.2. The zero-order chi connectivity index (χ0) is 22.9. The van der Waals surface area contributed by atoms with Gasteiger partial charge in [-0.25, -0.2) is 4.98 Å². The van der Waals surface area contributed by atoms with E-state index in [1.807, 2.05) is 19.1 Å². The van der Waals surface area contributed by atoms with E-state index in [0.29, 0.717) is 29.6 Å². The van der Waals surface area contributed by atoms with Crippen LogP contribution in [0.2, 0.25) is 0 Å². The van der Waals surface area contributed by atoms with Gasteiger partial charge in [-0.15, -0.1) is 0 Å². The summed E-state index contributed by atoms with van der Waals surface area (Å²) in [4.78, 5) is 11.4. The molecule has 3 rings (SSSR count). The number of rotatable bonds is 10. The van der Waals surface area contributed by atoms with E-state index in [-0.39, 0.29) is 0 Å². The largest absolute Gasteiger partial charge is 0.438 e. The summed E-state index contributed by atoms with van der Waals surface area (Å²) in [5.41, 5.74) is 9.31. The Morgan fingerprint density at radius 1 is 1.00 bits per heavy atom. The lowest BCUT2D eigenvalue weighted by Crippen LogP contribution is -2.26. The molecule has 32 heavy (non-hydrogen) atoms. The molecule has 3 aromatic rings. The minimum absolute atomic E-state index is 0.473. The summed E-state index contributed by atoms with van der Waals surface area (Å²) in [7, 11) is 0. The summed E-state index contributed by atoms with van der Waals surface area (Å²) in [5, 5.41) is 9.41. The predicted molar refractivity (Wildman–Crippen MR) is 129 cm³/mol. The van der Waals surface area contributed by atoms with E-state index >= 15 is 0 Å². The molecule has 1 heterocycles. The lowest BCUT2D eigenvalue weighted by Gasteiger charge is -2.23. The van der Waals surface area contributed by atoms with Gasteiger partial charge in [0.25, 0.3) is 0 Å². The van der Waals surface area contributed by atoms with Crippen LogP contribution in [0.15, 0.2) is 48.5 Å². The van der Waals surface area contributed by atoms with Crippen LogP contribution < -0.4 is 15.4 Å². The fraction of sp³-hybridized carbons (Fsp3) is 0.346. The van der Waals surface area contributed by atoms with E-state index in [1.54, 1.807) is 12.1 Å². The van der Waals surface area contributed by atoms with Crippen molar-refractivity contribution >= 4 is 5.82 Å². The molecule has 6 nitrogen and oxygen atoms in total. The number of ether oxygens (including phenoxy) is 1. The van der Waals surface area contributed by atoms with Gasteiger partial charge in [-0.3, -0.25) is 0 Å². The summed E-state index contributed by atoms with van der Waals surface area (Å²) in [6, 6.07) is 17.8. The number of benzene rings is 2. The smallest absolute Gasteiger partial charge is 0.224 e. The van der Waals surface area contributed by atoms with Gasteiger partial charge in [-0.2, -0.15) is 10.2 Å². The van der Waals surface area contributed by atoms with Gasteiger partial charge in [-0.1, -0.05) is 38.1 Å². The van der Waals surface area contributed by atoms with Crippen molar-refractivity contribution in [1.82, 2.24) is 9.97 Å². The van der Waals surface area contributed by atoms with Crippen molar-refractivity contribution in [3.05, 3.63) is 65.5 Å². The van der Waals surface area contributed by atoms with Crippen molar-refractivity contribution < 1.29 is 4.74 Å². The van der Waals surface area contributed by atoms with E-state index in [0.717, 1.165) is 49.3 Å². The molecule has 0 saturated carbocycles. The molecule has 0 aliphatic rings. The van der Waals surface area contributed by atoms with Gasteiger partial charge >= 0.3 is 0 Å². The Morgan fingerprint density at radius 3 is 2.34 bits per heavy atom. The fourth-order valence-corrected chi connectivity index (χ4v) is 3.67. The third kappa shape index (κ3) is 5.83. The zero-order valence-corrected chi connectivity index (χ0v) is 19.1. The minimum atomic E-state index is 0.473. The second-order valence-electron chi connectivity index (χ2n) is 7.76. The zero-order valence-electron chi connectivity index (χ0n) is 19.1. The molecule has 0 atom stereocenters. The second kappa shape index (κ2) is 11.3. The number of hydrogen-bond donors (Lipinski definition) is 1. The lowest BCUT2D eigenvalue weighted by molar-refractivity contribution is 0.461. The summed E-state index contributed by atoms with van der Waals surface area (Å²) < 4.78 is 6.26. The topological polar surface area (TPSA) is 88.1 Å². The molecule has 1 aromatic heterocycles. The van der Waals surface area contributed by atoms with E-state index in [1.165, 1.54) is 5.56 Å². The summed E-state index contributed by atoms with van der Waals surface area (Å²) in [6.07, 6.45) is 2.91. The SMILES string of the molecule is CCCN(CCC)c1cc(Oc2cc(C#N)ccc2-c2ccc(CCN)cc2)nc(C)n1. The second-order valence-corrected chi connectivity index (χ2v) is 7.76. The van der Waals surface area contributed by atoms with Crippen molar-refractivity contribution in [3.63, 3.8) is 0 Å². The molecular weight excluding hydrogens is 398 g/mol. The highest BCUT2D eigenvalue weighted by atomic mass is 16.5. The highest BCUT2D eigenvalue weighted by molar-refractivity contribution is 5.72. The van der Waals surface area contributed by atoms with Crippen LogP contribution in [0.3, 0.4) is 0 Å². The number of anilines is 1. The Balaban J connectivity index is 1.98. The molecular formula is C26H31N5O. The molecule has 0 aliphatic carbocycles. The molecule has 6 heteroatoms. The van der Waals surface area contributed by atoms with Crippen molar-refractivity contribution in [2.24, 2.45) is 5.73 Å². The van der Waals surface area contributed by atoms with Crippen LogP contribution in [0.1, 0.15) is 43.6 Å². The third-order valence-corrected chi connectivity index (χ3v) is 5.14. The molecule has 0 aliphatic heterocycles. The predicted octanol–water partition coefficient (Wildman–Crippen LogP) is 5.24. The first kappa shape index (κ1) is 23.2. The molecule has 2 aromatic carbocycles. The Labute approximate surface area is 190 Å². The molecule has 0 unspecified atom stereocenters. The van der Waals surface area contributed by atoms with Crippen molar-refractivity contribution in [2.75, 3.05) is 24.5 Å². The van der Waals surface area contributed by atoms with Gasteiger partial charge in [0, 0.05) is 24.7 Å². The average molecular weight is 430 g/mol. The van der Waals surface area contributed by atoms with Crippen LogP contribution in [0, 0.1) is 18.3 Å². The number of hydrogen-bond acceptors (Lipinski definition) is 6. The van der Waals surface area contributed by atoms with E-state index in [9.17, 15) is 5.26 Å². The van der Waals surface area contributed by atoms with Crippen LogP contribution in [-0.4, -0.2) is 29.6 Å². The molecule has 0 fully saturated rings. The van der Waals surface area contributed by atoms with E-state index < -0.39 is 0 Å². The molecule has 0 amide bonds. The number of nitrogens with two attached hydrogens (primary N) is 1. The van der Waals surface area contributed by atoms with Crippen molar-refractivity contribution in [2.45, 2.75) is 40.0 Å². The Kier molecular flexibility index (Phi) is 8.18. The van der Waals surface area contributed by atoms with Crippen LogP contribution in [0.5, 0.6) is 11.6 Å². The minimum Gasteiger partial charge on any atom is -0.438 e. The van der Waals surface area contributed by atoms with Crippen LogP contribution in [-0.2, 0) is 6.42 Å². The number of nitrogens with zero attached hydrogens (tertiary/aromatic N) is 4. The molecule has 0 spiro atoms. The van der Waals surface area contributed by atoms with E-state index in [2.05, 4.69) is 59.1 Å².